The van der Waals surface area contributed by atoms with Crippen LogP contribution in [0.2, 0.25) is 0 Å². The zero-order valence-electron chi connectivity index (χ0n) is 10.9. The Labute approximate surface area is 106 Å². The van der Waals surface area contributed by atoms with Crippen molar-refractivity contribution in [2.75, 3.05) is 26.7 Å². The van der Waals surface area contributed by atoms with Crippen LogP contribution in [0.4, 0.5) is 4.79 Å². The molecule has 2 amide bonds. The molecule has 18 heavy (non-hydrogen) atoms. The molecule has 0 rings (SSSR count). The normalized spacial score (nSPS) is 10.2. The average Bonchev–Trinajstić information content (AvgIpc) is 2.22. The molecule has 0 unspecified atom stereocenters. The molecule has 7 heteroatoms. The molecule has 0 aromatic rings. The number of carbonyl (C=O) groups excluding carboxylic acids is 1. The fourth-order valence-electron chi connectivity index (χ4n) is 1.31. The maximum absolute atomic E-state index is 11.9. The van der Waals surface area contributed by atoms with Crippen molar-refractivity contribution in [3.8, 4) is 0 Å². The molecule has 0 aromatic carbocycles. The molecule has 0 saturated heterocycles. The number of aliphatic carboxylic acids is 2. The van der Waals surface area contributed by atoms with Crippen molar-refractivity contribution < 1.29 is 24.6 Å². The molecule has 0 spiro atoms. The van der Waals surface area contributed by atoms with E-state index < -0.39 is 31.1 Å². The van der Waals surface area contributed by atoms with Gasteiger partial charge in [-0.3, -0.25) is 9.59 Å². The van der Waals surface area contributed by atoms with Gasteiger partial charge in [-0.15, -0.1) is 0 Å². The van der Waals surface area contributed by atoms with Crippen molar-refractivity contribution in [1.82, 2.24) is 9.80 Å². The minimum atomic E-state index is -1.23. The summed E-state index contributed by atoms with van der Waals surface area (Å²) in [4.78, 5) is 35.1. The molecule has 0 radical (unpaired) electrons. The number of nitrogens with zero attached hydrogens (tertiary/aromatic N) is 2. The van der Waals surface area contributed by atoms with E-state index in [2.05, 4.69) is 0 Å². The van der Waals surface area contributed by atoms with Gasteiger partial charge in [0.2, 0.25) is 0 Å². The SMILES string of the molecule is CC(C)CCN(C)C(=O)N(CC(=O)O)CC(=O)O. The molecule has 2 N–H and O–H groups in total. The summed E-state index contributed by atoms with van der Waals surface area (Å²) in [5.74, 6) is -2.06. The Morgan fingerprint density at radius 3 is 1.83 bits per heavy atom. The van der Waals surface area contributed by atoms with Gasteiger partial charge in [-0.1, -0.05) is 13.8 Å². The van der Waals surface area contributed by atoms with Crippen LogP contribution in [0.25, 0.3) is 0 Å². The van der Waals surface area contributed by atoms with Crippen molar-refractivity contribution in [3.63, 3.8) is 0 Å². The number of amides is 2. The molecule has 0 fully saturated rings. The fraction of sp³-hybridized carbons (Fsp3) is 0.727. The second-order valence-electron chi connectivity index (χ2n) is 4.53. The van der Waals surface area contributed by atoms with E-state index in [4.69, 9.17) is 10.2 Å². The van der Waals surface area contributed by atoms with Crippen molar-refractivity contribution in [2.45, 2.75) is 20.3 Å². The summed E-state index contributed by atoms with van der Waals surface area (Å²) in [5.41, 5.74) is 0. The smallest absolute Gasteiger partial charge is 0.323 e. The highest BCUT2D eigenvalue weighted by Crippen LogP contribution is 2.03. The lowest BCUT2D eigenvalue weighted by Gasteiger charge is -2.26. The number of hydrogen-bond donors (Lipinski definition) is 2. The molecular weight excluding hydrogens is 240 g/mol. The van der Waals surface area contributed by atoms with Crippen molar-refractivity contribution in [2.24, 2.45) is 5.92 Å². The van der Waals surface area contributed by atoms with E-state index in [1.807, 2.05) is 13.8 Å². The summed E-state index contributed by atoms with van der Waals surface area (Å²) in [7, 11) is 1.53. The summed E-state index contributed by atoms with van der Waals surface area (Å²) < 4.78 is 0. The zero-order chi connectivity index (χ0) is 14.3. The first kappa shape index (κ1) is 16.2. The Morgan fingerprint density at radius 2 is 1.50 bits per heavy atom. The molecule has 0 aliphatic carbocycles. The number of carbonyl (C=O) groups is 3. The molecule has 0 aliphatic rings. The van der Waals surface area contributed by atoms with Gasteiger partial charge in [-0.05, 0) is 12.3 Å². The number of hydrogen-bond acceptors (Lipinski definition) is 3. The van der Waals surface area contributed by atoms with Gasteiger partial charge in [0.05, 0.1) is 0 Å². The Kier molecular flexibility index (Phi) is 6.77. The van der Waals surface area contributed by atoms with Gasteiger partial charge >= 0.3 is 18.0 Å². The van der Waals surface area contributed by atoms with Gasteiger partial charge in [-0.25, -0.2) is 4.79 Å². The van der Waals surface area contributed by atoms with Crippen LogP contribution in [-0.4, -0.2) is 64.7 Å². The lowest BCUT2D eigenvalue weighted by molar-refractivity contribution is -0.140. The standard InChI is InChI=1S/C11H20N2O5/c1-8(2)4-5-12(3)11(18)13(6-9(14)15)7-10(16)17/h8H,4-7H2,1-3H3,(H,14,15)(H,16,17). The summed E-state index contributed by atoms with van der Waals surface area (Å²) in [6, 6.07) is -0.583. The summed E-state index contributed by atoms with van der Waals surface area (Å²) in [6.07, 6.45) is 0.774. The van der Waals surface area contributed by atoms with Crippen LogP contribution in [0, 0.1) is 5.92 Å². The van der Waals surface area contributed by atoms with Gasteiger partial charge in [0.25, 0.3) is 0 Å². The Morgan fingerprint density at radius 1 is 1.06 bits per heavy atom. The highest BCUT2D eigenvalue weighted by atomic mass is 16.4. The number of rotatable bonds is 7. The largest absolute Gasteiger partial charge is 0.480 e. The second kappa shape index (κ2) is 7.52. The van der Waals surface area contributed by atoms with E-state index in [0.717, 1.165) is 11.3 Å². The zero-order valence-corrected chi connectivity index (χ0v) is 10.9. The van der Waals surface area contributed by atoms with Crippen LogP contribution in [0.15, 0.2) is 0 Å². The highest BCUT2D eigenvalue weighted by Gasteiger charge is 2.22. The molecule has 7 nitrogen and oxygen atoms in total. The van der Waals surface area contributed by atoms with Crippen LogP contribution in [-0.2, 0) is 9.59 Å². The van der Waals surface area contributed by atoms with Crippen LogP contribution >= 0.6 is 0 Å². The summed E-state index contributed by atoms with van der Waals surface area (Å²) >= 11 is 0. The molecule has 104 valence electrons. The highest BCUT2D eigenvalue weighted by molar-refractivity contribution is 5.84. The van der Waals surface area contributed by atoms with E-state index in [1.54, 1.807) is 0 Å². The topological polar surface area (TPSA) is 98.2 Å². The van der Waals surface area contributed by atoms with Crippen LogP contribution in [0.5, 0.6) is 0 Å². The maximum atomic E-state index is 11.9. The third-order valence-electron chi connectivity index (χ3n) is 2.29. The predicted molar refractivity (Wildman–Crippen MR) is 64.3 cm³/mol. The lowest BCUT2D eigenvalue weighted by atomic mass is 10.1. The quantitative estimate of drug-likeness (QED) is 0.696. The third kappa shape index (κ3) is 6.72. The molecule has 0 aliphatic heterocycles. The number of carboxylic acid groups (broad SMARTS) is 2. The van der Waals surface area contributed by atoms with Gasteiger partial charge in [-0.2, -0.15) is 0 Å². The minimum absolute atomic E-state index is 0.410. The first-order valence-electron chi connectivity index (χ1n) is 5.67. The van der Waals surface area contributed by atoms with Crippen molar-refractivity contribution in [3.05, 3.63) is 0 Å². The molecule has 0 bridgehead atoms. The maximum Gasteiger partial charge on any atom is 0.323 e. The van der Waals surface area contributed by atoms with E-state index >= 15 is 0 Å². The molecule has 0 saturated carbocycles. The Balaban J connectivity index is 4.52. The van der Waals surface area contributed by atoms with E-state index in [0.29, 0.717) is 12.5 Å². The molecular formula is C11H20N2O5. The van der Waals surface area contributed by atoms with Crippen LogP contribution in [0.3, 0.4) is 0 Å². The van der Waals surface area contributed by atoms with Gasteiger partial charge in [0.1, 0.15) is 13.1 Å². The van der Waals surface area contributed by atoms with Crippen molar-refractivity contribution in [1.29, 1.82) is 0 Å². The van der Waals surface area contributed by atoms with E-state index in [-0.39, 0.29) is 0 Å². The van der Waals surface area contributed by atoms with Gasteiger partial charge in [0, 0.05) is 13.6 Å². The van der Waals surface area contributed by atoms with Crippen molar-refractivity contribution >= 4 is 18.0 Å². The fourth-order valence-corrected chi connectivity index (χ4v) is 1.31. The Bertz CT molecular complexity index is 301. The minimum Gasteiger partial charge on any atom is -0.480 e. The van der Waals surface area contributed by atoms with E-state index in [9.17, 15) is 14.4 Å². The first-order valence-corrected chi connectivity index (χ1v) is 5.67. The molecule has 0 heterocycles. The summed E-state index contributed by atoms with van der Waals surface area (Å²) in [6.45, 7) is 3.25. The number of carboxylic acids is 2. The van der Waals surface area contributed by atoms with Crippen LogP contribution < -0.4 is 0 Å². The predicted octanol–water partition coefficient (Wildman–Crippen LogP) is 0.556. The number of urea groups is 1. The second-order valence-corrected chi connectivity index (χ2v) is 4.53. The van der Waals surface area contributed by atoms with Gasteiger partial charge < -0.3 is 20.0 Å². The third-order valence-corrected chi connectivity index (χ3v) is 2.29. The monoisotopic (exact) mass is 260 g/mol. The average molecular weight is 260 g/mol. The van der Waals surface area contributed by atoms with Gasteiger partial charge in [0.15, 0.2) is 0 Å². The Hall–Kier alpha value is -1.79. The lowest BCUT2D eigenvalue weighted by Crippen LogP contribution is -2.46. The van der Waals surface area contributed by atoms with E-state index in [1.165, 1.54) is 11.9 Å². The molecule has 0 atom stereocenters. The van der Waals surface area contributed by atoms with Crippen LogP contribution in [0.1, 0.15) is 20.3 Å². The first-order chi connectivity index (χ1) is 8.23. The molecule has 0 aromatic heterocycles. The summed E-state index contributed by atoms with van der Waals surface area (Å²) in [5, 5.41) is 17.3.